The van der Waals surface area contributed by atoms with Crippen LogP contribution in [-0.4, -0.2) is 21.2 Å². The molecule has 0 aliphatic rings. The molecule has 2 aromatic carbocycles. The van der Waals surface area contributed by atoms with Crippen molar-refractivity contribution in [3.63, 3.8) is 0 Å². The first kappa shape index (κ1) is 17.3. The molecule has 5 nitrogen and oxygen atoms in total. The molecule has 0 bridgehead atoms. The van der Waals surface area contributed by atoms with Crippen LogP contribution in [0.25, 0.3) is 15.9 Å². The first-order valence-electron chi connectivity index (χ1n) is 7.97. The van der Waals surface area contributed by atoms with Crippen LogP contribution in [-0.2, 0) is 6.42 Å². The Bertz CT molecular complexity index is 1160. The highest BCUT2D eigenvalue weighted by molar-refractivity contribution is 7.16. The largest absolute Gasteiger partial charge is 0.492 e. The molecule has 8 heteroatoms. The Labute approximate surface area is 162 Å². The molecule has 132 valence electrons. The molecule has 0 amide bonds. The lowest BCUT2D eigenvalue weighted by molar-refractivity contribution is 0.311. The topological polar surface area (TPSA) is 56.5 Å². The third kappa shape index (κ3) is 3.40. The van der Waals surface area contributed by atoms with E-state index in [1.165, 1.54) is 15.9 Å². The van der Waals surface area contributed by atoms with Gasteiger partial charge in [-0.1, -0.05) is 46.7 Å². The van der Waals surface area contributed by atoms with Crippen molar-refractivity contribution < 1.29 is 4.74 Å². The van der Waals surface area contributed by atoms with Gasteiger partial charge in [0.05, 0.1) is 22.5 Å². The summed E-state index contributed by atoms with van der Waals surface area (Å²) in [5.41, 5.74) is 0.547. The summed E-state index contributed by atoms with van der Waals surface area (Å²) in [6.45, 7) is 0.488. The normalized spacial score (nSPS) is 11.3. The van der Waals surface area contributed by atoms with Crippen LogP contribution in [0.4, 0.5) is 0 Å². The van der Waals surface area contributed by atoms with Gasteiger partial charge in [0.25, 0.3) is 5.56 Å². The minimum absolute atomic E-state index is 0.141. The van der Waals surface area contributed by atoms with E-state index in [-0.39, 0.29) is 5.56 Å². The lowest BCUT2D eigenvalue weighted by Gasteiger charge is -2.07. The number of para-hydroxylation sites is 1. The van der Waals surface area contributed by atoms with Gasteiger partial charge < -0.3 is 4.74 Å². The molecule has 0 unspecified atom stereocenters. The van der Waals surface area contributed by atoms with Crippen LogP contribution in [0.3, 0.4) is 0 Å². The van der Waals surface area contributed by atoms with Gasteiger partial charge in [0.1, 0.15) is 10.8 Å². The highest BCUT2D eigenvalue weighted by Crippen LogP contribution is 2.27. The molecule has 0 spiro atoms. The van der Waals surface area contributed by atoms with E-state index in [1.807, 2.05) is 18.2 Å². The number of halogens is 2. The van der Waals surface area contributed by atoms with Gasteiger partial charge in [0, 0.05) is 11.4 Å². The lowest BCUT2D eigenvalue weighted by Crippen LogP contribution is -2.15. The molecule has 0 fully saturated rings. The van der Waals surface area contributed by atoms with Crippen molar-refractivity contribution in [2.45, 2.75) is 12.8 Å². The van der Waals surface area contributed by atoms with Gasteiger partial charge in [0.2, 0.25) is 4.96 Å². The average molecular weight is 406 g/mol. The fourth-order valence-corrected chi connectivity index (χ4v) is 3.99. The molecule has 0 N–H and O–H groups in total. The van der Waals surface area contributed by atoms with Crippen LogP contribution >= 0.6 is 34.5 Å². The number of hydrogen-bond donors (Lipinski definition) is 0. The van der Waals surface area contributed by atoms with Gasteiger partial charge >= 0.3 is 0 Å². The van der Waals surface area contributed by atoms with E-state index in [0.717, 1.165) is 11.4 Å². The molecular formula is C18H13Cl2N3O2S. The van der Waals surface area contributed by atoms with E-state index in [4.69, 9.17) is 27.9 Å². The Morgan fingerprint density at radius 3 is 2.85 bits per heavy atom. The number of aryl methyl sites for hydroxylation is 1. The maximum absolute atomic E-state index is 12.5. The van der Waals surface area contributed by atoms with Crippen LogP contribution in [0, 0.1) is 0 Å². The minimum Gasteiger partial charge on any atom is -0.492 e. The predicted octanol–water partition coefficient (Wildman–Crippen LogP) is 4.62. The van der Waals surface area contributed by atoms with E-state index >= 15 is 0 Å². The Hall–Kier alpha value is -2.15. The van der Waals surface area contributed by atoms with Crippen molar-refractivity contribution >= 4 is 50.4 Å². The number of fused-ring (bicyclic) bond motifs is 2. The quantitative estimate of drug-likeness (QED) is 0.454. The number of rotatable bonds is 5. The summed E-state index contributed by atoms with van der Waals surface area (Å²) < 4.78 is 7.05. The summed E-state index contributed by atoms with van der Waals surface area (Å²) in [7, 11) is 0. The predicted molar refractivity (Wildman–Crippen MR) is 105 cm³/mol. The van der Waals surface area contributed by atoms with Crippen molar-refractivity contribution in [1.82, 2.24) is 14.6 Å². The SMILES string of the molecule is O=c1c2ccccc2nc2sc(CCCOc3ccc(Cl)cc3Cl)nn12. The monoisotopic (exact) mass is 405 g/mol. The van der Waals surface area contributed by atoms with Crippen molar-refractivity contribution in [1.29, 1.82) is 0 Å². The molecule has 0 aliphatic carbocycles. The fraction of sp³-hybridized carbons (Fsp3) is 0.167. The molecule has 26 heavy (non-hydrogen) atoms. The van der Waals surface area contributed by atoms with Gasteiger partial charge in [-0.2, -0.15) is 9.61 Å². The van der Waals surface area contributed by atoms with Gasteiger partial charge in [-0.05, 0) is 36.8 Å². The number of hydrogen-bond acceptors (Lipinski definition) is 5. The maximum atomic E-state index is 12.5. The van der Waals surface area contributed by atoms with Crippen molar-refractivity contribution in [2.75, 3.05) is 6.61 Å². The lowest BCUT2D eigenvalue weighted by atomic mass is 10.2. The Morgan fingerprint density at radius 2 is 2.00 bits per heavy atom. The van der Waals surface area contributed by atoms with Gasteiger partial charge in [-0.3, -0.25) is 4.79 Å². The molecule has 0 atom stereocenters. The first-order valence-corrected chi connectivity index (χ1v) is 9.54. The average Bonchev–Trinajstić information content (AvgIpc) is 3.03. The molecule has 0 saturated heterocycles. The Balaban J connectivity index is 1.47. The van der Waals surface area contributed by atoms with Crippen LogP contribution < -0.4 is 10.3 Å². The first-order chi connectivity index (χ1) is 12.6. The smallest absolute Gasteiger partial charge is 0.283 e. The summed E-state index contributed by atoms with van der Waals surface area (Å²) >= 11 is 13.4. The van der Waals surface area contributed by atoms with E-state index in [2.05, 4.69) is 10.1 Å². The second-order valence-corrected chi connectivity index (χ2v) is 7.54. The third-order valence-corrected chi connectivity index (χ3v) is 5.33. The van der Waals surface area contributed by atoms with Crippen molar-refractivity contribution in [3.8, 4) is 5.75 Å². The summed E-state index contributed by atoms with van der Waals surface area (Å²) in [5, 5.41) is 6.87. The Morgan fingerprint density at radius 1 is 1.15 bits per heavy atom. The maximum Gasteiger partial charge on any atom is 0.283 e. The number of aromatic nitrogens is 3. The second-order valence-electron chi connectivity index (χ2n) is 5.65. The van der Waals surface area contributed by atoms with E-state index in [0.29, 0.717) is 44.7 Å². The summed E-state index contributed by atoms with van der Waals surface area (Å²) in [4.78, 5) is 17.6. The Kier molecular flexibility index (Phi) is 4.80. The van der Waals surface area contributed by atoms with E-state index in [1.54, 1.807) is 24.3 Å². The zero-order chi connectivity index (χ0) is 18.1. The van der Waals surface area contributed by atoms with Gasteiger partial charge in [-0.25, -0.2) is 4.98 Å². The highest BCUT2D eigenvalue weighted by Gasteiger charge is 2.10. The molecule has 0 radical (unpaired) electrons. The van der Waals surface area contributed by atoms with Gasteiger partial charge in [-0.15, -0.1) is 0 Å². The fourth-order valence-electron chi connectivity index (χ4n) is 2.59. The standard InChI is InChI=1S/C18H13Cl2N3O2S/c19-11-7-8-15(13(20)10-11)25-9-3-6-16-22-23-17(24)12-4-1-2-5-14(12)21-18(23)26-16/h1-2,4-5,7-8,10H,3,6,9H2. The minimum atomic E-state index is -0.141. The molecule has 2 heterocycles. The molecule has 2 aromatic heterocycles. The number of benzene rings is 2. The van der Waals surface area contributed by atoms with Crippen molar-refractivity contribution in [2.24, 2.45) is 0 Å². The molecule has 4 rings (SSSR count). The van der Waals surface area contributed by atoms with E-state index in [9.17, 15) is 4.79 Å². The molecular weight excluding hydrogens is 393 g/mol. The summed E-state index contributed by atoms with van der Waals surface area (Å²) in [6.07, 6.45) is 1.43. The molecule has 0 aliphatic heterocycles. The zero-order valence-electron chi connectivity index (χ0n) is 13.5. The summed E-state index contributed by atoms with van der Waals surface area (Å²) in [6, 6.07) is 12.4. The number of ether oxygens (including phenoxy) is 1. The highest BCUT2D eigenvalue weighted by atomic mass is 35.5. The van der Waals surface area contributed by atoms with Gasteiger partial charge in [0.15, 0.2) is 0 Å². The van der Waals surface area contributed by atoms with Crippen LogP contribution in [0.2, 0.25) is 10.0 Å². The van der Waals surface area contributed by atoms with Crippen LogP contribution in [0.5, 0.6) is 5.75 Å². The summed E-state index contributed by atoms with van der Waals surface area (Å²) in [5.74, 6) is 0.601. The van der Waals surface area contributed by atoms with E-state index < -0.39 is 0 Å². The van der Waals surface area contributed by atoms with Crippen LogP contribution in [0.15, 0.2) is 47.3 Å². The van der Waals surface area contributed by atoms with Crippen LogP contribution in [0.1, 0.15) is 11.4 Å². The second kappa shape index (κ2) is 7.23. The zero-order valence-corrected chi connectivity index (χ0v) is 15.8. The molecule has 0 saturated carbocycles. The third-order valence-electron chi connectivity index (χ3n) is 3.83. The number of nitrogens with zero attached hydrogens (tertiary/aromatic N) is 3. The molecule has 4 aromatic rings. The van der Waals surface area contributed by atoms with Crippen molar-refractivity contribution in [3.05, 3.63) is 67.9 Å².